The number of carbonyl (C=O) groups is 1. The van der Waals surface area contributed by atoms with E-state index in [0.717, 1.165) is 31.9 Å². The molecule has 1 amide bonds. The molecule has 1 saturated carbocycles. The Balaban J connectivity index is 1.62. The van der Waals surface area contributed by atoms with Crippen LogP contribution in [0.2, 0.25) is 5.02 Å². The Morgan fingerprint density at radius 1 is 1.07 bits per heavy atom. The highest BCUT2D eigenvalue weighted by Crippen LogP contribution is 2.36. The lowest BCUT2D eigenvalue weighted by Gasteiger charge is -2.28. The molecule has 7 heteroatoms. The van der Waals surface area contributed by atoms with Gasteiger partial charge >= 0.3 is 0 Å². The number of hydrogen-bond acceptors (Lipinski definition) is 4. The van der Waals surface area contributed by atoms with Crippen molar-refractivity contribution in [1.29, 1.82) is 0 Å². The monoisotopic (exact) mass is 407 g/mol. The van der Waals surface area contributed by atoms with Crippen molar-refractivity contribution in [3.05, 3.63) is 53.1 Å². The predicted octanol–water partition coefficient (Wildman–Crippen LogP) is 4.36. The van der Waals surface area contributed by atoms with E-state index in [9.17, 15) is 18.3 Å². The van der Waals surface area contributed by atoms with Gasteiger partial charge in [-0.2, -0.15) is 0 Å². The summed E-state index contributed by atoms with van der Waals surface area (Å²) in [6, 6.07) is 11.9. The van der Waals surface area contributed by atoms with E-state index in [1.807, 2.05) is 24.3 Å². The Morgan fingerprint density at radius 3 is 2.30 bits per heavy atom. The number of phenolic OH excluding ortho intramolecular Hbond substituents is 1. The van der Waals surface area contributed by atoms with E-state index in [1.54, 1.807) is 0 Å². The standard InChI is InChI=1S/C20H22ClNO4S/c1-27(25,26)19-12-17(10-11-18(19)23)22-20(24)15-4-2-13(3-5-15)14-6-8-16(21)9-7-14/h6-13,15,23H,2-5H2,1H3,(H,22,24)/t13-,15-. The summed E-state index contributed by atoms with van der Waals surface area (Å²) in [7, 11) is -3.57. The average Bonchev–Trinajstić information content (AvgIpc) is 2.63. The molecule has 2 N–H and O–H groups in total. The van der Waals surface area contributed by atoms with Crippen LogP contribution in [0.5, 0.6) is 5.75 Å². The number of sulfone groups is 1. The van der Waals surface area contributed by atoms with Crippen molar-refractivity contribution in [3.63, 3.8) is 0 Å². The van der Waals surface area contributed by atoms with Crippen molar-refractivity contribution in [3.8, 4) is 5.75 Å². The van der Waals surface area contributed by atoms with E-state index in [-0.39, 0.29) is 22.5 Å². The molecule has 0 spiro atoms. The number of amides is 1. The van der Waals surface area contributed by atoms with Crippen LogP contribution in [-0.2, 0) is 14.6 Å². The average molecular weight is 408 g/mol. The lowest BCUT2D eigenvalue weighted by atomic mass is 9.78. The zero-order valence-electron chi connectivity index (χ0n) is 15.0. The van der Waals surface area contributed by atoms with Gasteiger partial charge in [-0.3, -0.25) is 4.79 Å². The van der Waals surface area contributed by atoms with Crippen molar-refractivity contribution >= 4 is 33.0 Å². The van der Waals surface area contributed by atoms with Crippen LogP contribution in [0.3, 0.4) is 0 Å². The molecule has 0 unspecified atom stereocenters. The summed E-state index contributed by atoms with van der Waals surface area (Å²) >= 11 is 5.94. The smallest absolute Gasteiger partial charge is 0.227 e. The molecule has 5 nitrogen and oxygen atoms in total. The summed E-state index contributed by atoms with van der Waals surface area (Å²) in [6.07, 6.45) is 4.41. The SMILES string of the molecule is CS(=O)(=O)c1cc(NC(=O)[C@H]2CC[C@H](c3ccc(Cl)cc3)CC2)ccc1O. The lowest BCUT2D eigenvalue weighted by molar-refractivity contribution is -0.120. The molecule has 0 saturated heterocycles. The van der Waals surface area contributed by atoms with E-state index < -0.39 is 9.84 Å². The molecule has 0 atom stereocenters. The summed E-state index contributed by atoms with van der Waals surface area (Å²) in [5, 5.41) is 13.2. The highest BCUT2D eigenvalue weighted by Gasteiger charge is 2.27. The molecule has 0 aromatic heterocycles. The van der Waals surface area contributed by atoms with Crippen LogP contribution >= 0.6 is 11.6 Å². The molecule has 3 rings (SSSR count). The highest BCUT2D eigenvalue weighted by molar-refractivity contribution is 7.90. The van der Waals surface area contributed by atoms with Gasteiger partial charge in [-0.05, 0) is 67.5 Å². The number of benzene rings is 2. The third-order valence-electron chi connectivity index (χ3n) is 5.07. The van der Waals surface area contributed by atoms with Gasteiger partial charge in [0.25, 0.3) is 0 Å². The summed E-state index contributed by atoms with van der Waals surface area (Å²) in [5.41, 5.74) is 1.62. The van der Waals surface area contributed by atoms with Gasteiger partial charge in [0.15, 0.2) is 9.84 Å². The van der Waals surface area contributed by atoms with Crippen LogP contribution in [0.4, 0.5) is 5.69 Å². The molecular formula is C20H22ClNO4S. The fourth-order valence-corrected chi connectivity index (χ4v) is 4.47. The second-order valence-electron chi connectivity index (χ2n) is 7.04. The number of carbonyl (C=O) groups excluding carboxylic acids is 1. The summed E-state index contributed by atoms with van der Waals surface area (Å²) in [5.74, 6) is -0.116. The van der Waals surface area contributed by atoms with Gasteiger partial charge in [0.2, 0.25) is 5.91 Å². The van der Waals surface area contributed by atoms with Crippen molar-refractivity contribution in [2.45, 2.75) is 36.5 Å². The number of aromatic hydroxyl groups is 1. The predicted molar refractivity (Wildman–Crippen MR) is 106 cm³/mol. The minimum absolute atomic E-state index is 0.107. The molecule has 1 aliphatic rings. The normalized spacial score (nSPS) is 20.2. The van der Waals surface area contributed by atoms with Crippen molar-refractivity contribution in [2.75, 3.05) is 11.6 Å². The molecule has 0 bridgehead atoms. The Kier molecular flexibility index (Phi) is 5.77. The Labute approximate surface area is 164 Å². The van der Waals surface area contributed by atoms with Crippen LogP contribution < -0.4 is 5.32 Å². The maximum absolute atomic E-state index is 12.6. The van der Waals surface area contributed by atoms with E-state index in [1.165, 1.54) is 23.8 Å². The first-order valence-corrected chi connectivity index (χ1v) is 11.1. The number of nitrogens with one attached hydrogen (secondary N) is 1. The van der Waals surface area contributed by atoms with Crippen molar-refractivity contribution in [1.82, 2.24) is 0 Å². The maximum Gasteiger partial charge on any atom is 0.227 e. The van der Waals surface area contributed by atoms with Crippen LogP contribution in [0.25, 0.3) is 0 Å². The van der Waals surface area contributed by atoms with E-state index in [0.29, 0.717) is 16.6 Å². The first-order valence-electron chi connectivity index (χ1n) is 8.83. The van der Waals surface area contributed by atoms with Crippen molar-refractivity contribution < 1.29 is 18.3 Å². The second-order valence-corrected chi connectivity index (χ2v) is 9.46. The molecule has 1 fully saturated rings. The zero-order valence-corrected chi connectivity index (χ0v) is 16.6. The molecule has 2 aromatic rings. The van der Waals surface area contributed by atoms with Crippen LogP contribution in [-0.4, -0.2) is 25.7 Å². The largest absolute Gasteiger partial charge is 0.507 e. The molecule has 1 aliphatic carbocycles. The Bertz CT molecular complexity index is 933. The molecule has 144 valence electrons. The minimum atomic E-state index is -3.57. The van der Waals surface area contributed by atoms with Crippen LogP contribution in [0.1, 0.15) is 37.2 Å². The first kappa shape index (κ1) is 19.7. The summed E-state index contributed by atoms with van der Waals surface area (Å²) in [6.45, 7) is 0. The zero-order chi connectivity index (χ0) is 19.6. The van der Waals surface area contributed by atoms with Gasteiger partial charge in [-0.1, -0.05) is 23.7 Å². The van der Waals surface area contributed by atoms with E-state index in [4.69, 9.17) is 11.6 Å². The van der Waals surface area contributed by atoms with Gasteiger partial charge in [-0.15, -0.1) is 0 Å². The number of rotatable bonds is 4. The highest BCUT2D eigenvalue weighted by atomic mass is 35.5. The quantitative estimate of drug-likeness (QED) is 0.737. The number of anilines is 1. The third-order valence-corrected chi connectivity index (χ3v) is 6.44. The van der Waals surface area contributed by atoms with Gasteiger partial charge in [-0.25, -0.2) is 8.42 Å². The molecule has 27 heavy (non-hydrogen) atoms. The molecule has 0 radical (unpaired) electrons. The second kappa shape index (κ2) is 7.90. The lowest BCUT2D eigenvalue weighted by Crippen LogP contribution is -2.26. The summed E-state index contributed by atoms with van der Waals surface area (Å²) < 4.78 is 23.4. The Morgan fingerprint density at radius 2 is 1.70 bits per heavy atom. The topological polar surface area (TPSA) is 83.5 Å². The molecule has 0 heterocycles. The van der Waals surface area contributed by atoms with Gasteiger partial charge in [0.1, 0.15) is 10.6 Å². The number of hydrogen-bond donors (Lipinski definition) is 2. The maximum atomic E-state index is 12.6. The van der Waals surface area contributed by atoms with Crippen molar-refractivity contribution in [2.24, 2.45) is 5.92 Å². The fraction of sp³-hybridized carbons (Fsp3) is 0.350. The number of phenols is 1. The third kappa shape index (κ3) is 4.82. The Hall–Kier alpha value is -2.05. The van der Waals surface area contributed by atoms with E-state index in [2.05, 4.69) is 5.32 Å². The molecule has 2 aromatic carbocycles. The van der Waals surface area contributed by atoms with Gasteiger partial charge < -0.3 is 10.4 Å². The minimum Gasteiger partial charge on any atom is -0.507 e. The van der Waals surface area contributed by atoms with Gasteiger partial charge in [0, 0.05) is 22.9 Å². The van der Waals surface area contributed by atoms with E-state index >= 15 is 0 Å². The number of halogens is 1. The summed E-state index contributed by atoms with van der Waals surface area (Å²) in [4.78, 5) is 12.4. The molecule has 0 aliphatic heterocycles. The van der Waals surface area contributed by atoms with Crippen LogP contribution in [0, 0.1) is 5.92 Å². The first-order chi connectivity index (χ1) is 12.7. The fourth-order valence-electron chi connectivity index (χ4n) is 3.56. The van der Waals surface area contributed by atoms with Gasteiger partial charge in [0.05, 0.1) is 0 Å². The molecular weight excluding hydrogens is 386 g/mol. The van der Waals surface area contributed by atoms with Crippen LogP contribution in [0.15, 0.2) is 47.4 Å².